The van der Waals surface area contributed by atoms with Crippen LogP contribution < -0.4 is 20.1 Å². The first-order valence-electron chi connectivity index (χ1n) is 9.95. The molecule has 1 aromatic carbocycles. The molecule has 1 heterocycles. The van der Waals surface area contributed by atoms with Crippen LogP contribution in [0, 0.1) is 0 Å². The normalized spacial score (nSPS) is 16.3. The Labute approximate surface area is 193 Å². The summed E-state index contributed by atoms with van der Waals surface area (Å²) in [5.74, 6) is 0.904. The summed E-state index contributed by atoms with van der Waals surface area (Å²) in [5.41, 5.74) is 0.735. The van der Waals surface area contributed by atoms with Crippen molar-refractivity contribution in [2.45, 2.75) is 45.4 Å². The minimum atomic E-state index is -2.91. The summed E-state index contributed by atoms with van der Waals surface area (Å²) < 4.78 is 45.8. The molecule has 2 N–H and O–H groups in total. The quantitative estimate of drug-likeness (QED) is 0.182. The highest BCUT2D eigenvalue weighted by Crippen LogP contribution is 2.29. The van der Waals surface area contributed by atoms with Gasteiger partial charge in [-0.1, -0.05) is 6.07 Å². The van der Waals surface area contributed by atoms with Gasteiger partial charge in [0, 0.05) is 26.3 Å². The Hall–Kier alpha value is -1.40. The highest BCUT2D eigenvalue weighted by molar-refractivity contribution is 14.0. The van der Waals surface area contributed by atoms with Gasteiger partial charge in [0.15, 0.2) is 17.5 Å². The lowest BCUT2D eigenvalue weighted by molar-refractivity contribution is -0.0512. The SMILES string of the molecule is CCNC(=NCc1ccc(OC)c(OC(F)F)c1)NCCCOCC1CCCO1.I. The number of methoxy groups -OCH3 is 1. The molecular weight excluding hydrogens is 511 g/mol. The fourth-order valence-electron chi connectivity index (χ4n) is 2.89. The van der Waals surface area contributed by atoms with E-state index in [1.165, 1.54) is 13.2 Å². The van der Waals surface area contributed by atoms with Crippen molar-refractivity contribution in [3.05, 3.63) is 23.8 Å². The molecule has 7 nitrogen and oxygen atoms in total. The zero-order valence-electron chi connectivity index (χ0n) is 17.5. The summed E-state index contributed by atoms with van der Waals surface area (Å²) in [6.45, 7) is 2.93. The van der Waals surface area contributed by atoms with Gasteiger partial charge >= 0.3 is 6.61 Å². The van der Waals surface area contributed by atoms with E-state index >= 15 is 0 Å². The number of aliphatic imine (C=N–C) groups is 1. The molecule has 1 fully saturated rings. The lowest BCUT2D eigenvalue weighted by Crippen LogP contribution is -2.38. The van der Waals surface area contributed by atoms with Crippen molar-refractivity contribution in [3.63, 3.8) is 0 Å². The first-order chi connectivity index (χ1) is 14.1. The Bertz CT molecular complexity index is 632. The van der Waals surface area contributed by atoms with E-state index in [0.717, 1.165) is 31.4 Å². The lowest BCUT2D eigenvalue weighted by Gasteiger charge is -2.13. The van der Waals surface area contributed by atoms with Crippen molar-refractivity contribution in [1.29, 1.82) is 0 Å². The number of ether oxygens (including phenoxy) is 4. The third-order valence-corrected chi connectivity index (χ3v) is 4.29. The van der Waals surface area contributed by atoms with Gasteiger partial charge < -0.3 is 29.6 Å². The third kappa shape index (κ3) is 10.1. The van der Waals surface area contributed by atoms with Crippen molar-refractivity contribution in [3.8, 4) is 11.5 Å². The number of alkyl halides is 2. The van der Waals surface area contributed by atoms with Gasteiger partial charge in [-0.15, -0.1) is 24.0 Å². The zero-order chi connectivity index (χ0) is 20.9. The topological polar surface area (TPSA) is 73.3 Å². The maximum Gasteiger partial charge on any atom is 0.387 e. The van der Waals surface area contributed by atoms with Crippen LogP contribution in [0.1, 0.15) is 31.7 Å². The Balaban J connectivity index is 0.00000450. The maximum absolute atomic E-state index is 12.6. The van der Waals surface area contributed by atoms with Crippen molar-refractivity contribution in [2.24, 2.45) is 4.99 Å². The fraction of sp³-hybridized carbons (Fsp3) is 0.650. The summed E-state index contributed by atoms with van der Waals surface area (Å²) in [6.07, 6.45) is 3.27. The molecule has 172 valence electrons. The zero-order valence-corrected chi connectivity index (χ0v) is 19.8. The molecule has 1 saturated heterocycles. The van der Waals surface area contributed by atoms with Gasteiger partial charge in [0.25, 0.3) is 0 Å². The molecule has 0 amide bonds. The first kappa shape index (κ1) is 26.6. The molecule has 2 rings (SSSR count). The second kappa shape index (κ2) is 15.4. The summed E-state index contributed by atoms with van der Waals surface area (Å²) in [4.78, 5) is 4.49. The lowest BCUT2D eigenvalue weighted by atomic mass is 10.2. The maximum atomic E-state index is 12.6. The molecule has 1 atom stereocenters. The van der Waals surface area contributed by atoms with Gasteiger partial charge in [0.05, 0.1) is 26.4 Å². The molecule has 1 aliphatic heterocycles. The molecule has 1 aromatic rings. The molecule has 0 aromatic heterocycles. The highest BCUT2D eigenvalue weighted by Gasteiger charge is 2.15. The Morgan fingerprint density at radius 1 is 1.30 bits per heavy atom. The second-order valence-corrected chi connectivity index (χ2v) is 6.55. The van der Waals surface area contributed by atoms with Gasteiger partial charge in [-0.05, 0) is 43.9 Å². The second-order valence-electron chi connectivity index (χ2n) is 6.55. The smallest absolute Gasteiger partial charge is 0.387 e. The van der Waals surface area contributed by atoms with E-state index < -0.39 is 6.61 Å². The molecule has 0 saturated carbocycles. The van der Waals surface area contributed by atoms with Gasteiger partial charge in [-0.3, -0.25) is 0 Å². The van der Waals surface area contributed by atoms with Crippen LogP contribution in [0.25, 0.3) is 0 Å². The monoisotopic (exact) mass is 543 g/mol. The number of benzene rings is 1. The van der Waals surface area contributed by atoms with Crippen LogP contribution in [0.15, 0.2) is 23.2 Å². The van der Waals surface area contributed by atoms with Gasteiger partial charge in [0.2, 0.25) is 0 Å². The van der Waals surface area contributed by atoms with Gasteiger partial charge in [0.1, 0.15) is 0 Å². The van der Waals surface area contributed by atoms with E-state index in [0.29, 0.717) is 38.8 Å². The average Bonchev–Trinajstić information content (AvgIpc) is 3.22. The highest BCUT2D eigenvalue weighted by atomic mass is 127. The van der Waals surface area contributed by atoms with E-state index in [4.69, 9.17) is 14.2 Å². The number of hydrogen-bond donors (Lipinski definition) is 2. The van der Waals surface area contributed by atoms with Gasteiger partial charge in [-0.2, -0.15) is 8.78 Å². The summed E-state index contributed by atoms with van der Waals surface area (Å²) in [7, 11) is 1.41. The summed E-state index contributed by atoms with van der Waals surface area (Å²) >= 11 is 0. The molecule has 0 spiro atoms. The van der Waals surface area contributed by atoms with Crippen LogP contribution in [0.5, 0.6) is 11.5 Å². The minimum absolute atomic E-state index is 0. The van der Waals surface area contributed by atoms with Gasteiger partial charge in [-0.25, -0.2) is 4.99 Å². The first-order valence-corrected chi connectivity index (χ1v) is 9.95. The summed E-state index contributed by atoms with van der Waals surface area (Å²) in [5, 5.41) is 6.40. The van der Waals surface area contributed by atoms with Crippen LogP contribution in [0.3, 0.4) is 0 Å². The largest absolute Gasteiger partial charge is 0.493 e. The van der Waals surface area contributed by atoms with E-state index in [1.54, 1.807) is 12.1 Å². The van der Waals surface area contributed by atoms with E-state index in [2.05, 4.69) is 20.4 Å². The van der Waals surface area contributed by atoms with Crippen LogP contribution in [0.4, 0.5) is 8.78 Å². The number of guanidine groups is 1. The minimum Gasteiger partial charge on any atom is -0.493 e. The fourth-order valence-corrected chi connectivity index (χ4v) is 2.89. The Morgan fingerprint density at radius 2 is 2.13 bits per heavy atom. The molecule has 0 bridgehead atoms. The van der Waals surface area contributed by atoms with Crippen molar-refractivity contribution < 1.29 is 27.7 Å². The molecule has 1 aliphatic rings. The van der Waals surface area contributed by atoms with Crippen molar-refractivity contribution in [1.82, 2.24) is 10.6 Å². The molecule has 30 heavy (non-hydrogen) atoms. The number of halogens is 3. The predicted molar refractivity (Wildman–Crippen MR) is 122 cm³/mol. The molecule has 1 unspecified atom stereocenters. The molecular formula is C20H32F2IN3O4. The standard InChI is InChI=1S/C20H31F2N3O4.HI/c1-3-23-20(24-9-5-10-27-14-16-6-4-11-28-16)25-13-15-7-8-17(26-2)18(12-15)29-19(21)22;/h7-8,12,16,19H,3-6,9-11,13-14H2,1-2H3,(H2,23,24,25);1H. The van der Waals surface area contributed by atoms with Crippen molar-refractivity contribution >= 4 is 29.9 Å². The third-order valence-electron chi connectivity index (χ3n) is 4.29. The number of nitrogens with zero attached hydrogens (tertiary/aromatic N) is 1. The van der Waals surface area contributed by atoms with Crippen LogP contribution >= 0.6 is 24.0 Å². The summed E-state index contributed by atoms with van der Waals surface area (Å²) in [6, 6.07) is 4.87. The Morgan fingerprint density at radius 3 is 2.80 bits per heavy atom. The van der Waals surface area contributed by atoms with Crippen molar-refractivity contribution in [2.75, 3.05) is 40.0 Å². The van der Waals surface area contributed by atoms with E-state index in [-0.39, 0.29) is 41.6 Å². The van der Waals surface area contributed by atoms with Crippen LogP contribution in [-0.2, 0) is 16.0 Å². The van der Waals surface area contributed by atoms with E-state index in [1.807, 2.05) is 6.92 Å². The number of hydrogen-bond acceptors (Lipinski definition) is 5. The Kier molecular flexibility index (Phi) is 13.7. The molecule has 10 heteroatoms. The van der Waals surface area contributed by atoms with Crippen LogP contribution in [0.2, 0.25) is 0 Å². The number of nitrogens with one attached hydrogen (secondary N) is 2. The number of rotatable bonds is 12. The average molecular weight is 543 g/mol. The predicted octanol–water partition coefficient (Wildman–Crippen LogP) is 3.56. The van der Waals surface area contributed by atoms with Crippen LogP contribution in [-0.4, -0.2) is 58.7 Å². The molecule has 0 radical (unpaired) electrons. The molecule has 0 aliphatic carbocycles. The van der Waals surface area contributed by atoms with E-state index in [9.17, 15) is 8.78 Å².